The molecule has 1 N–H and O–H groups in total. The zero-order valence-corrected chi connectivity index (χ0v) is 14.4. The van der Waals surface area contributed by atoms with Gasteiger partial charge in [0.05, 0.1) is 0 Å². The van der Waals surface area contributed by atoms with Crippen LogP contribution in [0.15, 0.2) is 18.2 Å². The van der Waals surface area contributed by atoms with Crippen molar-refractivity contribution >= 4 is 11.6 Å². The summed E-state index contributed by atoms with van der Waals surface area (Å²) in [6.07, 6.45) is 1.16. The second-order valence-electron chi connectivity index (χ2n) is 7.36. The van der Waals surface area contributed by atoms with E-state index < -0.39 is 0 Å². The Hall–Kier alpha value is -0.530. The molecule has 1 aliphatic rings. The summed E-state index contributed by atoms with van der Waals surface area (Å²) in [4.78, 5) is 0. The first-order valence-corrected chi connectivity index (χ1v) is 8.10. The summed E-state index contributed by atoms with van der Waals surface area (Å²) in [6.45, 7) is 14.9. The average Bonchev–Trinajstić information content (AvgIpc) is 2.76. The molecule has 1 nitrogen and oxygen atoms in total. The smallest absolute Gasteiger partial charge is 0.0438 e. The lowest BCUT2D eigenvalue weighted by Gasteiger charge is -2.22. The lowest BCUT2D eigenvalue weighted by Crippen LogP contribution is -2.26. The second kappa shape index (κ2) is 5.35. The first kappa shape index (κ1) is 15.9. The summed E-state index contributed by atoms with van der Waals surface area (Å²) in [5.74, 6) is 0.653. The Balaban J connectivity index is 2.31. The highest BCUT2D eigenvalue weighted by Crippen LogP contribution is 2.72. The van der Waals surface area contributed by atoms with E-state index in [9.17, 15) is 0 Å². The Morgan fingerprint density at radius 3 is 2.25 bits per heavy atom. The number of aryl methyl sites for hydroxylation is 1. The molecule has 0 saturated heterocycles. The maximum atomic E-state index is 6.33. The number of benzene rings is 1. The summed E-state index contributed by atoms with van der Waals surface area (Å²) in [5.41, 5.74) is 3.22. The average molecular weight is 294 g/mol. The van der Waals surface area contributed by atoms with Crippen LogP contribution < -0.4 is 5.32 Å². The van der Waals surface area contributed by atoms with E-state index >= 15 is 0 Å². The summed E-state index contributed by atoms with van der Waals surface area (Å²) in [5, 5.41) is 4.62. The lowest BCUT2D eigenvalue weighted by molar-refractivity contribution is 0.410. The SMILES string of the molecule is CCCNC(c1ccc(C)c(Cl)c1)C1C(C)(C)C1(C)C. The first-order valence-electron chi connectivity index (χ1n) is 7.73. The van der Waals surface area contributed by atoms with Gasteiger partial charge in [-0.05, 0) is 53.8 Å². The van der Waals surface area contributed by atoms with E-state index in [0.717, 1.165) is 23.6 Å². The minimum atomic E-state index is 0.371. The molecule has 2 heteroatoms. The molecule has 0 aromatic heterocycles. The van der Waals surface area contributed by atoms with Gasteiger partial charge >= 0.3 is 0 Å². The van der Waals surface area contributed by atoms with E-state index in [4.69, 9.17) is 11.6 Å². The van der Waals surface area contributed by atoms with Gasteiger partial charge in [0.15, 0.2) is 0 Å². The van der Waals surface area contributed by atoms with Crippen molar-refractivity contribution in [2.75, 3.05) is 6.54 Å². The van der Waals surface area contributed by atoms with Gasteiger partial charge in [-0.15, -0.1) is 0 Å². The molecule has 0 radical (unpaired) electrons. The van der Waals surface area contributed by atoms with Crippen LogP contribution in [-0.2, 0) is 0 Å². The molecule has 20 heavy (non-hydrogen) atoms. The van der Waals surface area contributed by atoms with Crippen molar-refractivity contribution < 1.29 is 0 Å². The molecule has 0 spiro atoms. The number of nitrogens with one attached hydrogen (secondary N) is 1. The molecule has 1 atom stereocenters. The standard InChI is InChI=1S/C18H28ClN/c1-7-10-20-15(16-17(3,4)18(16,5)6)13-9-8-12(2)14(19)11-13/h8-9,11,15-16,20H,7,10H2,1-6H3. The van der Waals surface area contributed by atoms with E-state index in [1.54, 1.807) is 0 Å². The third kappa shape index (κ3) is 2.51. The molecule has 1 aromatic carbocycles. The first-order chi connectivity index (χ1) is 9.23. The highest BCUT2D eigenvalue weighted by atomic mass is 35.5. The van der Waals surface area contributed by atoms with Gasteiger partial charge in [0.25, 0.3) is 0 Å². The van der Waals surface area contributed by atoms with Crippen LogP contribution in [0.2, 0.25) is 5.02 Å². The van der Waals surface area contributed by atoms with E-state index in [-0.39, 0.29) is 0 Å². The van der Waals surface area contributed by atoms with E-state index in [0.29, 0.717) is 22.8 Å². The van der Waals surface area contributed by atoms with Crippen molar-refractivity contribution in [2.45, 2.75) is 54.0 Å². The predicted octanol–water partition coefficient (Wildman–Crippen LogP) is 5.37. The third-order valence-corrected chi connectivity index (χ3v) is 6.04. The fourth-order valence-electron chi connectivity index (χ4n) is 3.61. The molecule has 0 heterocycles. The maximum Gasteiger partial charge on any atom is 0.0438 e. The predicted molar refractivity (Wildman–Crippen MR) is 88.3 cm³/mol. The molecule has 1 fully saturated rings. The van der Waals surface area contributed by atoms with Crippen molar-refractivity contribution in [1.29, 1.82) is 0 Å². The van der Waals surface area contributed by atoms with Gasteiger partial charge in [-0.25, -0.2) is 0 Å². The highest BCUT2D eigenvalue weighted by molar-refractivity contribution is 6.31. The molecule has 2 rings (SSSR count). The van der Waals surface area contributed by atoms with Gasteiger partial charge < -0.3 is 5.32 Å². The van der Waals surface area contributed by atoms with Crippen LogP contribution in [0.5, 0.6) is 0 Å². The third-order valence-electron chi connectivity index (χ3n) is 5.63. The number of rotatable bonds is 5. The van der Waals surface area contributed by atoms with Crippen LogP contribution >= 0.6 is 11.6 Å². The van der Waals surface area contributed by atoms with E-state index in [1.807, 2.05) is 0 Å². The Labute approximate surface area is 129 Å². The van der Waals surface area contributed by atoms with Crippen LogP contribution in [0, 0.1) is 23.7 Å². The van der Waals surface area contributed by atoms with Gasteiger partial charge in [-0.3, -0.25) is 0 Å². The molecule has 0 bridgehead atoms. The van der Waals surface area contributed by atoms with E-state index in [1.165, 1.54) is 5.56 Å². The molecule has 1 saturated carbocycles. The number of hydrogen-bond donors (Lipinski definition) is 1. The molecule has 0 amide bonds. The Kier molecular flexibility index (Phi) is 4.24. The van der Waals surface area contributed by atoms with Gasteiger partial charge in [-0.2, -0.15) is 0 Å². The summed E-state index contributed by atoms with van der Waals surface area (Å²) < 4.78 is 0. The summed E-state index contributed by atoms with van der Waals surface area (Å²) >= 11 is 6.33. The van der Waals surface area contributed by atoms with Crippen LogP contribution in [0.25, 0.3) is 0 Å². The van der Waals surface area contributed by atoms with Crippen LogP contribution in [-0.4, -0.2) is 6.54 Å². The van der Waals surface area contributed by atoms with Gasteiger partial charge in [-0.1, -0.05) is 58.4 Å². The van der Waals surface area contributed by atoms with Crippen molar-refractivity contribution in [3.63, 3.8) is 0 Å². The maximum absolute atomic E-state index is 6.33. The Morgan fingerprint density at radius 2 is 1.80 bits per heavy atom. The largest absolute Gasteiger partial charge is 0.310 e. The van der Waals surface area contributed by atoms with Gasteiger partial charge in [0, 0.05) is 11.1 Å². The number of halogens is 1. The molecular weight excluding hydrogens is 266 g/mol. The number of hydrogen-bond acceptors (Lipinski definition) is 1. The molecule has 112 valence electrons. The van der Waals surface area contributed by atoms with Crippen molar-refractivity contribution in [2.24, 2.45) is 16.7 Å². The Bertz CT molecular complexity index is 476. The van der Waals surface area contributed by atoms with Crippen LogP contribution in [0.3, 0.4) is 0 Å². The molecular formula is C18H28ClN. The molecule has 1 aromatic rings. The van der Waals surface area contributed by atoms with Gasteiger partial charge in [0.2, 0.25) is 0 Å². The van der Waals surface area contributed by atoms with E-state index in [2.05, 4.69) is 65.1 Å². The second-order valence-corrected chi connectivity index (χ2v) is 7.77. The van der Waals surface area contributed by atoms with Crippen molar-refractivity contribution in [3.05, 3.63) is 34.3 Å². The fraction of sp³-hybridized carbons (Fsp3) is 0.667. The van der Waals surface area contributed by atoms with Gasteiger partial charge in [0.1, 0.15) is 0 Å². The molecule has 0 aliphatic heterocycles. The normalized spacial score (nSPS) is 21.8. The van der Waals surface area contributed by atoms with Crippen LogP contribution in [0.4, 0.5) is 0 Å². The summed E-state index contributed by atoms with van der Waals surface area (Å²) in [7, 11) is 0. The Morgan fingerprint density at radius 1 is 1.20 bits per heavy atom. The lowest BCUT2D eigenvalue weighted by atomic mass is 9.95. The molecule has 1 aliphatic carbocycles. The minimum Gasteiger partial charge on any atom is -0.310 e. The molecule has 1 unspecified atom stereocenters. The highest BCUT2D eigenvalue weighted by Gasteiger charge is 2.67. The van der Waals surface area contributed by atoms with Crippen LogP contribution in [0.1, 0.15) is 58.2 Å². The quantitative estimate of drug-likeness (QED) is 0.769. The van der Waals surface area contributed by atoms with Crippen molar-refractivity contribution in [1.82, 2.24) is 5.32 Å². The zero-order chi connectivity index (χ0) is 15.1. The monoisotopic (exact) mass is 293 g/mol. The zero-order valence-electron chi connectivity index (χ0n) is 13.7. The van der Waals surface area contributed by atoms with Crippen molar-refractivity contribution in [3.8, 4) is 0 Å². The minimum absolute atomic E-state index is 0.371. The fourth-order valence-corrected chi connectivity index (χ4v) is 3.80. The summed E-state index contributed by atoms with van der Waals surface area (Å²) in [6, 6.07) is 6.92. The topological polar surface area (TPSA) is 12.0 Å².